The lowest BCUT2D eigenvalue weighted by atomic mass is 9.77. The maximum absolute atomic E-state index is 11.8. The Morgan fingerprint density at radius 3 is 2.00 bits per heavy atom. The average Bonchev–Trinajstić information content (AvgIpc) is 3.77. The number of anilines is 1. The molecular weight excluding hydrogens is 751 g/mol. The Hall–Kier alpha value is -3.80. The fraction of sp³-hybridized carbons (Fsp3) is 0.477. The molecule has 8 rings (SSSR count). The molecule has 0 saturated carbocycles. The summed E-state index contributed by atoms with van der Waals surface area (Å²) >= 11 is 0. The number of rotatable bonds is 8. The van der Waals surface area contributed by atoms with Crippen molar-refractivity contribution >= 4 is 65.9 Å². The fourth-order valence-electron chi connectivity index (χ4n) is 8.05. The summed E-state index contributed by atoms with van der Waals surface area (Å²) < 4.78 is 22.5. The molecule has 11 nitrogen and oxygen atoms in total. The van der Waals surface area contributed by atoms with Crippen molar-refractivity contribution < 1.29 is 28.9 Å². The molecule has 0 bridgehead atoms. The Morgan fingerprint density at radius 1 is 0.772 bits per heavy atom. The molecule has 0 radical (unpaired) electrons. The zero-order valence-corrected chi connectivity index (χ0v) is 36.7. The zero-order chi connectivity index (χ0) is 40.8. The number of nitrogens with one attached hydrogen (secondary N) is 1. The molecule has 3 heterocycles. The molecule has 2 aliphatic rings. The third kappa shape index (κ3) is 6.79. The van der Waals surface area contributed by atoms with Gasteiger partial charge in [0.15, 0.2) is 33.6 Å². The van der Waals surface area contributed by atoms with Crippen LogP contribution < -0.4 is 5.32 Å². The highest BCUT2D eigenvalue weighted by atomic mass is 28.4. The van der Waals surface area contributed by atoms with Crippen molar-refractivity contribution in [1.29, 1.82) is 0 Å². The van der Waals surface area contributed by atoms with Crippen LogP contribution in [0.3, 0.4) is 0 Å². The SMILES string of the molecule is CC(C)(C)[Si](C)(C)OC[C@H]1O[C@@H](n2cnc3c(N[C@H]4c5c(ccc6c7ccccc7c7ccccc7c56)[C@@H](O)[C@H](O)[C@@H]4O)ncnc32)C[C@@H]1O[Si](C)(C)C(C)(C)C. The van der Waals surface area contributed by atoms with Crippen molar-refractivity contribution in [3.8, 4) is 0 Å². The number of hydrogen-bond donors (Lipinski definition) is 4. The summed E-state index contributed by atoms with van der Waals surface area (Å²) in [7, 11) is -4.24. The molecule has 302 valence electrons. The summed E-state index contributed by atoms with van der Waals surface area (Å²) in [4.78, 5) is 14.2. The van der Waals surface area contributed by atoms with Crippen molar-refractivity contribution in [3.05, 3.63) is 84.4 Å². The lowest BCUT2D eigenvalue weighted by molar-refractivity contribution is -0.0766. The van der Waals surface area contributed by atoms with Gasteiger partial charge in [-0.2, -0.15) is 0 Å². The second-order valence-electron chi connectivity index (χ2n) is 19.0. The van der Waals surface area contributed by atoms with Crippen LogP contribution in [0.25, 0.3) is 43.5 Å². The van der Waals surface area contributed by atoms with Crippen LogP contribution in [0, 0.1) is 0 Å². The predicted molar refractivity (Wildman–Crippen MR) is 231 cm³/mol. The molecule has 4 N–H and O–H groups in total. The molecule has 57 heavy (non-hydrogen) atoms. The summed E-state index contributed by atoms with van der Waals surface area (Å²) in [5.74, 6) is 0.393. The first-order valence-electron chi connectivity index (χ1n) is 20.1. The summed E-state index contributed by atoms with van der Waals surface area (Å²) in [6.07, 6.45) is -1.17. The van der Waals surface area contributed by atoms with Crippen LogP contribution in [0.5, 0.6) is 0 Å². The number of aromatic nitrogens is 4. The number of fused-ring (bicyclic) bond motifs is 9. The van der Waals surface area contributed by atoms with Crippen LogP contribution >= 0.6 is 0 Å². The first-order valence-corrected chi connectivity index (χ1v) is 25.9. The minimum atomic E-state index is -2.17. The van der Waals surface area contributed by atoms with Crippen molar-refractivity contribution in [2.45, 2.75) is 127 Å². The van der Waals surface area contributed by atoms with Gasteiger partial charge < -0.3 is 34.2 Å². The minimum absolute atomic E-state index is 0.0159. The maximum Gasteiger partial charge on any atom is 0.192 e. The van der Waals surface area contributed by atoms with Crippen LogP contribution in [0.1, 0.15) is 77.5 Å². The molecule has 1 aliphatic heterocycles. The highest BCUT2D eigenvalue weighted by Crippen LogP contribution is 2.48. The molecule has 6 aromatic rings. The van der Waals surface area contributed by atoms with E-state index in [1.165, 1.54) is 6.33 Å². The number of imidazole rings is 1. The largest absolute Gasteiger partial charge is 0.414 e. The van der Waals surface area contributed by atoms with Gasteiger partial charge in [-0.05, 0) is 79.7 Å². The van der Waals surface area contributed by atoms with E-state index in [-0.39, 0.29) is 22.3 Å². The zero-order valence-electron chi connectivity index (χ0n) is 34.7. The lowest BCUT2D eigenvalue weighted by Gasteiger charge is -2.40. The Morgan fingerprint density at radius 2 is 1.37 bits per heavy atom. The predicted octanol–water partition coefficient (Wildman–Crippen LogP) is 8.91. The molecule has 1 saturated heterocycles. The van der Waals surface area contributed by atoms with Gasteiger partial charge in [0.1, 0.15) is 37.0 Å². The first kappa shape index (κ1) is 40.0. The van der Waals surface area contributed by atoms with Gasteiger partial charge in [0, 0.05) is 6.42 Å². The van der Waals surface area contributed by atoms with Gasteiger partial charge in [0.05, 0.1) is 25.1 Å². The molecule has 0 unspecified atom stereocenters. The van der Waals surface area contributed by atoms with E-state index in [1.54, 1.807) is 6.33 Å². The summed E-state index contributed by atoms with van der Waals surface area (Å²) in [6.45, 7) is 23.0. The van der Waals surface area contributed by atoms with Gasteiger partial charge in [-0.1, -0.05) is 102 Å². The minimum Gasteiger partial charge on any atom is -0.414 e. The van der Waals surface area contributed by atoms with Crippen molar-refractivity contribution in [1.82, 2.24) is 19.5 Å². The van der Waals surface area contributed by atoms with E-state index >= 15 is 0 Å². The lowest BCUT2D eigenvalue weighted by Crippen LogP contribution is -2.48. The topological polar surface area (TPSA) is 144 Å². The van der Waals surface area contributed by atoms with E-state index in [0.29, 0.717) is 41.1 Å². The van der Waals surface area contributed by atoms with Crippen molar-refractivity contribution in [2.24, 2.45) is 0 Å². The first-order chi connectivity index (χ1) is 26.8. The molecular formula is C44H57N5O6Si2. The van der Waals surface area contributed by atoms with E-state index in [2.05, 4.69) is 102 Å². The second kappa shape index (κ2) is 14.2. The number of ether oxygens (including phenoxy) is 1. The highest BCUT2D eigenvalue weighted by Gasteiger charge is 2.47. The molecule has 2 aromatic heterocycles. The van der Waals surface area contributed by atoms with E-state index in [0.717, 1.165) is 32.3 Å². The van der Waals surface area contributed by atoms with Crippen LogP contribution in [-0.4, -0.2) is 82.5 Å². The molecule has 1 aliphatic carbocycles. The van der Waals surface area contributed by atoms with Gasteiger partial charge in [-0.3, -0.25) is 4.57 Å². The standard InChI is InChI=1S/C44H57N5O6Si2/c1-43(2,3)56(7,8)53-22-32-31(55-57(9,10)44(4,5)6)21-33(54-32)49-24-47-37-41(45-23-46-42(37)49)48-36-35-30(38(50)40(52)39(36)51)20-19-29-27-17-12-11-15-25(27)26-16-13-14-18-28(26)34(29)35/h11-20,23-24,31-33,36,38-40,50-52H,21-22H2,1-10H3,(H,45,46,48)/t31-,32+,33+,36-,38+,39+,40-/m0/s1. The van der Waals surface area contributed by atoms with Gasteiger partial charge in [-0.15, -0.1) is 0 Å². The van der Waals surface area contributed by atoms with Crippen LogP contribution in [0.15, 0.2) is 73.3 Å². The van der Waals surface area contributed by atoms with Gasteiger partial charge in [-0.25, -0.2) is 15.0 Å². The quantitative estimate of drug-likeness (QED) is 0.0870. The number of aliphatic hydroxyl groups excluding tert-OH is 3. The molecule has 0 spiro atoms. The number of nitrogens with zero attached hydrogens (tertiary/aromatic N) is 4. The summed E-state index contributed by atoms with van der Waals surface area (Å²) in [5.41, 5.74) is 2.32. The molecule has 13 heteroatoms. The highest BCUT2D eigenvalue weighted by molar-refractivity contribution is 6.74. The number of benzene rings is 4. The molecule has 7 atom stereocenters. The number of aliphatic hydroxyl groups is 3. The molecule has 0 amide bonds. The van der Waals surface area contributed by atoms with E-state index < -0.39 is 47.2 Å². The van der Waals surface area contributed by atoms with E-state index in [4.69, 9.17) is 23.6 Å². The maximum atomic E-state index is 11.8. The normalized spacial score (nSPS) is 24.8. The van der Waals surface area contributed by atoms with E-state index in [1.807, 2.05) is 41.0 Å². The average molecular weight is 808 g/mol. The summed E-state index contributed by atoms with van der Waals surface area (Å²) in [6, 6.07) is 19.5. The molecule has 1 fully saturated rings. The smallest absolute Gasteiger partial charge is 0.192 e. The molecule has 4 aromatic carbocycles. The summed E-state index contributed by atoms with van der Waals surface area (Å²) in [5, 5.41) is 44.1. The van der Waals surface area contributed by atoms with Crippen molar-refractivity contribution in [3.63, 3.8) is 0 Å². The monoisotopic (exact) mass is 807 g/mol. The van der Waals surface area contributed by atoms with Crippen LogP contribution in [-0.2, 0) is 13.6 Å². The van der Waals surface area contributed by atoms with E-state index in [9.17, 15) is 15.3 Å². The third-order valence-electron chi connectivity index (χ3n) is 13.4. The Labute approximate surface area is 336 Å². The number of hydrogen-bond acceptors (Lipinski definition) is 10. The van der Waals surface area contributed by atoms with Crippen LogP contribution in [0.4, 0.5) is 5.82 Å². The Kier molecular flexibility index (Phi) is 9.96. The fourth-order valence-corrected chi connectivity index (χ4v) is 10.4. The van der Waals surface area contributed by atoms with Crippen LogP contribution in [0.2, 0.25) is 36.3 Å². The van der Waals surface area contributed by atoms with Gasteiger partial charge in [0.2, 0.25) is 0 Å². The Balaban J connectivity index is 1.18. The third-order valence-corrected chi connectivity index (χ3v) is 22.4. The van der Waals surface area contributed by atoms with Gasteiger partial charge >= 0.3 is 0 Å². The van der Waals surface area contributed by atoms with Crippen molar-refractivity contribution in [2.75, 3.05) is 11.9 Å². The second-order valence-corrected chi connectivity index (χ2v) is 28.6. The van der Waals surface area contributed by atoms with Gasteiger partial charge in [0.25, 0.3) is 0 Å². The Bertz CT molecular complexity index is 2440.